The number of carbonyl (C=O) groups is 1. The van der Waals surface area contributed by atoms with Gasteiger partial charge in [-0.2, -0.15) is 8.78 Å². The molecule has 42 heavy (non-hydrogen) atoms. The maximum atomic E-state index is 16.1. The van der Waals surface area contributed by atoms with Gasteiger partial charge in [0.25, 0.3) is 5.91 Å². The average molecular weight is 634 g/mol. The summed E-state index contributed by atoms with van der Waals surface area (Å²) in [6, 6.07) is 3.90. The number of sulfonamides is 1. The van der Waals surface area contributed by atoms with Gasteiger partial charge in [-0.15, -0.1) is 0 Å². The molecule has 8 nitrogen and oxygen atoms in total. The van der Waals surface area contributed by atoms with Crippen LogP contribution in [0.4, 0.5) is 13.2 Å². The summed E-state index contributed by atoms with van der Waals surface area (Å²) in [5.41, 5.74) is -1.51. The first-order valence-corrected chi connectivity index (χ1v) is 16.1. The van der Waals surface area contributed by atoms with Crippen LogP contribution < -0.4 is 14.8 Å². The van der Waals surface area contributed by atoms with Crippen LogP contribution >= 0.6 is 11.6 Å². The Bertz CT molecular complexity index is 1400. The second-order valence-corrected chi connectivity index (χ2v) is 14.2. The molecule has 1 aliphatic carbocycles. The molecule has 2 fully saturated rings. The summed E-state index contributed by atoms with van der Waals surface area (Å²) in [6.07, 6.45) is 4.28. The SMILES string of the molecule is Cc1c(C(=O)NC2CCOCC2)cc(-c2ccc(S(=O)(=O)NC(C)(C)C)c(Cl)c2OC(F)F)n1CC1(F)CCCCC1. The molecule has 2 aromatic rings. The van der Waals surface area contributed by atoms with Crippen molar-refractivity contribution in [2.45, 2.75) is 108 Å². The monoisotopic (exact) mass is 633 g/mol. The first-order chi connectivity index (χ1) is 19.6. The molecule has 1 aliphatic heterocycles. The zero-order chi connectivity index (χ0) is 30.9. The zero-order valence-electron chi connectivity index (χ0n) is 24.4. The van der Waals surface area contributed by atoms with E-state index in [9.17, 15) is 22.0 Å². The van der Waals surface area contributed by atoms with Crippen molar-refractivity contribution in [2.75, 3.05) is 13.2 Å². The van der Waals surface area contributed by atoms with Crippen molar-refractivity contribution >= 4 is 27.5 Å². The van der Waals surface area contributed by atoms with Crippen molar-refractivity contribution in [1.29, 1.82) is 0 Å². The lowest BCUT2D eigenvalue weighted by molar-refractivity contribution is -0.0495. The molecule has 0 atom stereocenters. The number of aromatic nitrogens is 1. The molecule has 0 bridgehead atoms. The van der Waals surface area contributed by atoms with E-state index in [4.69, 9.17) is 21.1 Å². The normalized spacial score (nSPS) is 18.3. The smallest absolute Gasteiger partial charge is 0.387 e. The zero-order valence-corrected chi connectivity index (χ0v) is 25.9. The Morgan fingerprint density at radius 1 is 1.19 bits per heavy atom. The van der Waals surface area contributed by atoms with Gasteiger partial charge in [0.15, 0.2) is 5.75 Å². The molecule has 1 aromatic carbocycles. The summed E-state index contributed by atoms with van der Waals surface area (Å²) in [4.78, 5) is 13.0. The average Bonchev–Trinajstić information content (AvgIpc) is 3.19. The molecule has 0 unspecified atom stereocenters. The van der Waals surface area contributed by atoms with Crippen LogP contribution in [0.5, 0.6) is 5.75 Å². The number of carbonyl (C=O) groups excluding carboxylic acids is 1. The number of hydrogen-bond donors (Lipinski definition) is 2. The molecular weight excluding hydrogens is 595 g/mol. The fourth-order valence-electron chi connectivity index (χ4n) is 5.64. The van der Waals surface area contributed by atoms with Gasteiger partial charge in [-0.05, 0) is 71.6 Å². The van der Waals surface area contributed by atoms with Crippen molar-refractivity contribution in [2.24, 2.45) is 0 Å². The van der Waals surface area contributed by atoms with Crippen LogP contribution in [0, 0.1) is 6.92 Å². The number of nitrogens with zero attached hydrogens (tertiary/aromatic N) is 1. The molecule has 2 N–H and O–H groups in total. The van der Waals surface area contributed by atoms with Crippen molar-refractivity contribution in [3.05, 3.63) is 34.5 Å². The summed E-state index contributed by atoms with van der Waals surface area (Å²) in [5.74, 6) is -0.956. The fraction of sp³-hybridized carbons (Fsp3) is 0.621. The van der Waals surface area contributed by atoms with E-state index >= 15 is 4.39 Å². The van der Waals surface area contributed by atoms with Crippen LogP contribution in [0.2, 0.25) is 5.02 Å². The minimum absolute atomic E-state index is 0.0163. The number of rotatable bonds is 9. The van der Waals surface area contributed by atoms with Crippen LogP contribution in [-0.2, 0) is 21.3 Å². The molecule has 1 amide bonds. The van der Waals surface area contributed by atoms with Crippen molar-refractivity contribution < 1.29 is 35.9 Å². The van der Waals surface area contributed by atoms with E-state index in [1.54, 1.807) is 32.3 Å². The Morgan fingerprint density at radius 3 is 2.43 bits per heavy atom. The third-order valence-electron chi connectivity index (χ3n) is 7.63. The number of benzene rings is 1. The maximum absolute atomic E-state index is 16.1. The Balaban J connectivity index is 1.85. The number of alkyl halides is 3. The van der Waals surface area contributed by atoms with E-state index in [0.717, 1.165) is 6.42 Å². The van der Waals surface area contributed by atoms with E-state index in [-0.39, 0.29) is 35.3 Å². The molecule has 234 valence electrons. The van der Waals surface area contributed by atoms with Crippen LogP contribution in [0.25, 0.3) is 11.3 Å². The topological polar surface area (TPSA) is 98.7 Å². The second kappa shape index (κ2) is 12.8. The summed E-state index contributed by atoms with van der Waals surface area (Å²) >= 11 is 6.48. The highest BCUT2D eigenvalue weighted by atomic mass is 35.5. The van der Waals surface area contributed by atoms with Crippen LogP contribution in [0.1, 0.15) is 81.8 Å². The predicted octanol–water partition coefficient (Wildman–Crippen LogP) is 6.38. The molecule has 4 rings (SSSR count). The van der Waals surface area contributed by atoms with Gasteiger partial charge >= 0.3 is 6.61 Å². The maximum Gasteiger partial charge on any atom is 0.387 e. The summed E-state index contributed by atoms with van der Waals surface area (Å²) in [5, 5.41) is 2.45. The van der Waals surface area contributed by atoms with Crippen LogP contribution in [0.3, 0.4) is 0 Å². The predicted molar refractivity (Wildman–Crippen MR) is 155 cm³/mol. The molecular formula is C29H39ClF3N3O5S. The van der Waals surface area contributed by atoms with E-state index in [1.807, 2.05) is 0 Å². The highest BCUT2D eigenvalue weighted by molar-refractivity contribution is 7.89. The molecule has 13 heteroatoms. The van der Waals surface area contributed by atoms with E-state index < -0.39 is 43.5 Å². The molecule has 2 aliphatic rings. The van der Waals surface area contributed by atoms with Gasteiger partial charge < -0.3 is 19.4 Å². The molecule has 2 heterocycles. The second-order valence-electron chi connectivity index (χ2n) is 12.2. The lowest BCUT2D eigenvalue weighted by Crippen LogP contribution is -2.40. The van der Waals surface area contributed by atoms with Crippen molar-refractivity contribution in [1.82, 2.24) is 14.6 Å². The van der Waals surface area contributed by atoms with Gasteiger partial charge in [0.1, 0.15) is 15.6 Å². The van der Waals surface area contributed by atoms with Gasteiger partial charge in [0.05, 0.1) is 17.8 Å². The Kier molecular flexibility index (Phi) is 9.91. The highest BCUT2D eigenvalue weighted by Crippen LogP contribution is 2.44. The molecule has 1 saturated carbocycles. The lowest BCUT2D eigenvalue weighted by atomic mass is 9.86. The Morgan fingerprint density at radius 2 is 1.83 bits per heavy atom. The largest absolute Gasteiger partial charge is 0.432 e. The number of ether oxygens (including phenoxy) is 2. The van der Waals surface area contributed by atoms with Gasteiger partial charge in [-0.1, -0.05) is 30.9 Å². The van der Waals surface area contributed by atoms with E-state index in [1.165, 1.54) is 18.2 Å². The molecule has 0 radical (unpaired) electrons. The van der Waals surface area contributed by atoms with Gasteiger partial charge in [0.2, 0.25) is 10.0 Å². The fourth-order valence-corrected chi connectivity index (χ4v) is 7.65. The summed E-state index contributed by atoms with van der Waals surface area (Å²) in [7, 11) is -4.23. The molecule has 1 saturated heterocycles. The minimum Gasteiger partial charge on any atom is -0.432 e. The first kappa shape index (κ1) is 32.6. The minimum atomic E-state index is -4.23. The number of amides is 1. The van der Waals surface area contributed by atoms with Crippen LogP contribution in [0.15, 0.2) is 23.1 Å². The first-order valence-electron chi connectivity index (χ1n) is 14.2. The van der Waals surface area contributed by atoms with E-state index in [0.29, 0.717) is 57.4 Å². The Hall–Kier alpha value is -2.28. The summed E-state index contributed by atoms with van der Waals surface area (Å²) in [6.45, 7) is 4.16. The summed E-state index contributed by atoms with van der Waals surface area (Å²) < 4.78 is 84.0. The highest BCUT2D eigenvalue weighted by Gasteiger charge is 2.36. The quantitative estimate of drug-likeness (QED) is 0.334. The van der Waals surface area contributed by atoms with Gasteiger partial charge in [-0.3, -0.25) is 4.79 Å². The third kappa shape index (κ3) is 7.62. The molecule has 0 spiro atoms. The van der Waals surface area contributed by atoms with Gasteiger partial charge in [-0.25, -0.2) is 17.5 Å². The van der Waals surface area contributed by atoms with Gasteiger partial charge in [0, 0.05) is 36.1 Å². The Labute approximate surface area is 250 Å². The van der Waals surface area contributed by atoms with Crippen molar-refractivity contribution in [3.8, 4) is 17.0 Å². The number of hydrogen-bond acceptors (Lipinski definition) is 5. The standard InChI is InChI=1S/C29H39ClF3N3O5S/c1-18-21(26(37)34-19-10-14-40-15-11-19)16-22(36(18)17-29(33)12-6-5-7-13-29)20-8-9-23(24(30)25(20)41-27(31)32)42(38,39)35-28(2,3)4/h8-9,16,19,27,35H,5-7,10-15,17H2,1-4H3,(H,34,37). The van der Waals surface area contributed by atoms with Crippen LogP contribution in [-0.4, -0.2) is 56.0 Å². The number of nitrogens with one attached hydrogen (secondary N) is 2. The van der Waals surface area contributed by atoms with E-state index in [2.05, 4.69) is 10.0 Å². The third-order valence-corrected chi connectivity index (χ3v) is 9.92. The number of halogens is 4. The lowest BCUT2D eigenvalue weighted by Gasteiger charge is -2.31. The molecule has 1 aromatic heterocycles. The van der Waals surface area contributed by atoms with Crippen molar-refractivity contribution in [3.63, 3.8) is 0 Å².